The molecule has 0 aliphatic carbocycles. The summed E-state index contributed by atoms with van der Waals surface area (Å²) in [6.45, 7) is 4.74. The van der Waals surface area contributed by atoms with E-state index < -0.39 is 6.04 Å². The van der Waals surface area contributed by atoms with Crippen LogP contribution in [0, 0.1) is 0 Å². The van der Waals surface area contributed by atoms with Crippen molar-refractivity contribution in [2.24, 2.45) is 5.73 Å². The van der Waals surface area contributed by atoms with Gasteiger partial charge in [-0.3, -0.25) is 4.79 Å². The summed E-state index contributed by atoms with van der Waals surface area (Å²) < 4.78 is 11.1. The number of nitrogens with two attached hydrogens (primary N) is 1. The molecule has 1 saturated heterocycles. The first kappa shape index (κ1) is 22.5. The topological polar surface area (TPSA) is 115 Å². The molecule has 0 spiro atoms. The molecule has 0 unspecified atom stereocenters. The Hall–Kier alpha value is -3.69. The van der Waals surface area contributed by atoms with Gasteiger partial charge in [-0.15, -0.1) is 0 Å². The normalized spacial score (nSPS) is 14.5. The van der Waals surface area contributed by atoms with Crippen LogP contribution in [-0.4, -0.2) is 55.3 Å². The van der Waals surface area contributed by atoms with Crippen LogP contribution >= 0.6 is 0 Å². The largest absolute Gasteiger partial charge is 0.495 e. The van der Waals surface area contributed by atoms with Gasteiger partial charge in [-0.05, 0) is 37.3 Å². The first-order valence-corrected chi connectivity index (χ1v) is 10.8. The third-order valence-electron chi connectivity index (χ3n) is 5.30. The minimum absolute atomic E-state index is 0.230. The molecule has 1 aromatic heterocycles. The number of ether oxygens (including phenoxy) is 2. The predicted octanol–water partition coefficient (Wildman–Crippen LogP) is 3.02. The van der Waals surface area contributed by atoms with Crippen LogP contribution in [0.15, 0.2) is 54.7 Å². The van der Waals surface area contributed by atoms with Gasteiger partial charge in [0.2, 0.25) is 11.9 Å². The Morgan fingerprint density at radius 1 is 1.12 bits per heavy atom. The average molecular weight is 449 g/mol. The lowest BCUT2D eigenvalue weighted by Gasteiger charge is -2.30. The van der Waals surface area contributed by atoms with E-state index in [1.807, 2.05) is 48.5 Å². The molecule has 4 N–H and O–H groups in total. The Kier molecular flexibility index (Phi) is 7.01. The van der Waals surface area contributed by atoms with E-state index in [0.717, 1.165) is 41.5 Å². The first-order valence-electron chi connectivity index (χ1n) is 10.8. The summed E-state index contributed by atoms with van der Waals surface area (Å²) in [6, 6.07) is 14.7. The van der Waals surface area contributed by atoms with Crippen LogP contribution in [0.5, 0.6) is 5.75 Å². The fraction of sp³-hybridized carbons (Fsp3) is 0.292. The lowest BCUT2D eigenvalue weighted by molar-refractivity contribution is -0.117. The number of carbonyl (C=O) groups is 1. The summed E-state index contributed by atoms with van der Waals surface area (Å²) in [5.74, 6) is 1.02. The van der Waals surface area contributed by atoms with Gasteiger partial charge < -0.3 is 30.7 Å². The summed E-state index contributed by atoms with van der Waals surface area (Å²) in [6.07, 6.45) is 1.70. The molecular weight excluding hydrogens is 420 g/mol. The maximum atomic E-state index is 11.8. The predicted molar refractivity (Wildman–Crippen MR) is 129 cm³/mol. The highest BCUT2D eigenvalue weighted by molar-refractivity contribution is 5.94. The van der Waals surface area contributed by atoms with Crippen LogP contribution in [0.1, 0.15) is 6.92 Å². The van der Waals surface area contributed by atoms with Gasteiger partial charge in [-0.1, -0.05) is 12.1 Å². The molecule has 1 aliphatic rings. The summed E-state index contributed by atoms with van der Waals surface area (Å²) in [7, 11) is 1.67. The second-order valence-electron chi connectivity index (χ2n) is 7.73. The van der Waals surface area contributed by atoms with Gasteiger partial charge in [-0.2, -0.15) is 0 Å². The molecule has 9 heteroatoms. The number of carbonyl (C=O) groups excluding carboxylic acids is 1. The molecular formula is C24H28N6O3. The quantitative estimate of drug-likeness (QED) is 0.505. The maximum Gasteiger partial charge on any atom is 0.240 e. The number of benzene rings is 2. The highest BCUT2D eigenvalue weighted by atomic mass is 16.5. The molecule has 1 aliphatic heterocycles. The third kappa shape index (κ3) is 5.57. The van der Waals surface area contributed by atoms with E-state index in [2.05, 4.69) is 25.5 Å². The number of anilines is 4. The lowest BCUT2D eigenvalue weighted by Crippen LogP contribution is -2.36. The van der Waals surface area contributed by atoms with E-state index in [0.29, 0.717) is 24.8 Å². The van der Waals surface area contributed by atoms with Crippen molar-refractivity contribution in [1.29, 1.82) is 0 Å². The van der Waals surface area contributed by atoms with E-state index >= 15 is 0 Å². The second-order valence-corrected chi connectivity index (χ2v) is 7.73. The van der Waals surface area contributed by atoms with Crippen LogP contribution in [0.2, 0.25) is 0 Å². The Morgan fingerprint density at radius 3 is 2.55 bits per heavy atom. The van der Waals surface area contributed by atoms with Gasteiger partial charge >= 0.3 is 0 Å². The van der Waals surface area contributed by atoms with Gasteiger partial charge in [-0.25, -0.2) is 9.97 Å². The Morgan fingerprint density at radius 2 is 1.85 bits per heavy atom. The summed E-state index contributed by atoms with van der Waals surface area (Å²) in [4.78, 5) is 23.0. The van der Waals surface area contributed by atoms with Crippen molar-refractivity contribution in [3.8, 4) is 17.0 Å². The summed E-state index contributed by atoms with van der Waals surface area (Å²) in [5.41, 5.74) is 9.81. The van der Waals surface area contributed by atoms with Crippen LogP contribution in [0.4, 0.5) is 23.0 Å². The molecule has 1 fully saturated rings. The Bertz CT molecular complexity index is 1100. The maximum absolute atomic E-state index is 11.8. The Balaban J connectivity index is 1.48. The van der Waals surface area contributed by atoms with E-state index in [1.165, 1.54) is 0 Å². The van der Waals surface area contributed by atoms with Crippen molar-refractivity contribution >= 4 is 28.9 Å². The zero-order valence-corrected chi connectivity index (χ0v) is 18.7. The Labute approximate surface area is 192 Å². The van der Waals surface area contributed by atoms with Crippen molar-refractivity contribution in [2.75, 3.05) is 48.9 Å². The molecule has 0 saturated carbocycles. The lowest BCUT2D eigenvalue weighted by atomic mass is 10.1. The van der Waals surface area contributed by atoms with Crippen LogP contribution in [-0.2, 0) is 9.53 Å². The standard InChI is InChI=1S/C24H28N6O3/c1-16(25)23(31)27-18-5-3-17(4-6-18)20-9-10-26-24(29-20)28-19-7-8-21(22(15-19)32-2)30-11-13-33-14-12-30/h3-10,15-16H,11-14,25H2,1-2H3,(H,27,31)(H,26,28,29)/t16-/m1/s1. The van der Waals surface area contributed by atoms with Crippen molar-refractivity contribution in [2.45, 2.75) is 13.0 Å². The van der Waals surface area contributed by atoms with Gasteiger partial charge in [0.05, 0.1) is 37.7 Å². The van der Waals surface area contributed by atoms with E-state index in [4.69, 9.17) is 15.2 Å². The van der Waals surface area contributed by atoms with Gasteiger partial charge in [0.25, 0.3) is 0 Å². The molecule has 9 nitrogen and oxygen atoms in total. The molecule has 172 valence electrons. The number of methoxy groups -OCH3 is 1. The number of nitrogens with zero attached hydrogens (tertiary/aromatic N) is 3. The van der Waals surface area contributed by atoms with Crippen molar-refractivity contribution < 1.29 is 14.3 Å². The number of amides is 1. The molecule has 1 amide bonds. The highest BCUT2D eigenvalue weighted by Gasteiger charge is 2.16. The van der Waals surface area contributed by atoms with E-state index in [-0.39, 0.29) is 5.91 Å². The zero-order valence-electron chi connectivity index (χ0n) is 18.7. The molecule has 0 bridgehead atoms. The number of morpholine rings is 1. The smallest absolute Gasteiger partial charge is 0.240 e. The average Bonchev–Trinajstić information content (AvgIpc) is 2.85. The SMILES string of the molecule is COc1cc(Nc2nccc(-c3ccc(NC(=O)[C@@H](C)N)cc3)n2)ccc1N1CCOCC1. The van der Waals surface area contributed by atoms with Crippen LogP contribution in [0.3, 0.4) is 0 Å². The number of aromatic nitrogens is 2. The van der Waals surface area contributed by atoms with E-state index in [9.17, 15) is 4.79 Å². The zero-order chi connectivity index (χ0) is 23.2. The minimum Gasteiger partial charge on any atom is -0.495 e. The second kappa shape index (κ2) is 10.3. The van der Waals surface area contributed by atoms with Gasteiger partial charge in [0.15, 0.2) is 0 Å². The molecule has 33 heavy (non-hydrogen) atoms. The van der Waals surface area contributed by atoms with Gasteiger partial charge in [0.1, 0.15) is 5.75 Å². The molecule has 2 aromatic carbocycles. The van der Waals surface area contributed by atoms with Crippen molar-refractivity contribution in [1.82, 2.24) is 9.97 Å². The first-order chi connectivity index (χ1) is 16.0. The number of nitrogens with one attached hydrogen (secondary N) is 2. The molecule has 3 aromatic rings. The fourth-order valence-corrected chi connectivity index (χ4v) is 3.51. The summed E-state index contributed by atoms with van der Waals surface area (Å²) >= 11 is 0. The number of hydrogen-bond donors (Lipinski definition) is 3. The highest BCUT2D eigenvalue weighted by Crippen LogP contribution is 2.32. The van der Waals surface area contributed by atoms with Crippen molar-refractivity contribution in [3.05, 3.63) is 54.7 Å². The summed E-state index contributed by atoms with van der Waals surface area (Å²) in [5, 5.41) is 6.02. The van der Waals surface area contributed by atoms with Crippen molar-refractivity contribution in [3.63, 3.8) is 0 Å². The monoisotopic (exact) mass is 448 g/mol. The van der Waals surface area contributed by atoms with Gasteiger partial charge in [0, 0.05) is 42.3 Å². The minimum atomic E-state index is -0.568. The molecule has 0 radical (unpaired) electrons. The van der Waals surface area contributed by atoms with Crippen LogP contribution in [0.25, 0.3) is 11.3 Å². The fourth-order valence-electron chi connectivity index (χ4n) is 3.51. The third-order valence-corrected chi connectivity index (χ3v) is 5.30. The van der Waals surface area contributed by atoms with E-state index in [1.54, 1.807) is 20.2 Å². The number of rotatable bonds is 7. The molecule has 1 atom stereocenters. The number of hydrogen-bond acceptors (Lipinski definition) is 8. The molecule has 2 heterocycles. The molecule has 4 rings (SSSR count). The van der Waals surface area contributed by atoms with Crippen LogP contribution < -0.4 is 26.0 Å².